The van der Waals surface area contributed by atoms with Crippen LogP contribution in [0.5, 0.6) is 5.88 Å². The quantitative estimate of drug-likeness (QED) is 0.644. The fourth-order valence-corrected chi connectivity index (χ4v) is 4.57. The van der Waals surface area contributed by atoms with Crippen molar-refractivity contribution in [3.8, 4) is 17.3 Å². The average molecular weight is 419 g/mol. The lowest BCUT2D eigenvalue weighted by Crippen LogP contribution is -2.59. The molecule has 158 valence electrons. The van der Waals surface area contributed by atoms with Crippen molar-refractivity contribution in [3.05, 3.63) is 66.1 Å². The average Bonchev–Trinajstić information content (AvgIpc) is 2.81. The fourth-order valence-electron chi connectivity index (χ4n) is 4.57. The molecule has 2 saturated heterocycles. The zero-order valence-electron chi connectivity index (χ0n) is 17.1. The van der Waals surface area contributed by atoms with E-state index in [4.69, 9.17) is 4.74 Å². The van der Waals surface area contributed by atoms with E-state index in [0.717, 1.165) is 25.0 Å². The molecule has 4 heterocycles. The van der Waals surface area contributed by atoms with E-state index in [0.29, 0.717) is 35.3 Å². The number of nitrogens with zero attached hydrogens (tertiary/aromatic N) is 5. The van der Waals surface area contributed by atoms with E-state index in [1.165, 1.54) is 18.2 Å². The third-order valence-electron chi connectivity index (χ3n) is 6.03. The predicted octanol–water partition coefficient (Wildman–Crippen LogP) is 3.45. The van der Waals surface area contributed by atoms with E-state index in [1.54, 1.807) is 30.9 Å². The summed E-state index contributed by atoms with van der Waals surface area (Å²) in [5, 5.41) is 0. The number of hydrogen-bond donors (Lipinski definition) is 0. The van der Waals surface area contributed by atoms with E-state index < -0.39 is 5.82 Å². The summed E-state index contributed by atoms with van der Waals surface area (Å²) in [4.78, 5) is 32.4. The van der Waals surface area contributed by atoms with Gasteiger partial charge in [0, 0.05) is 24.5 Å². The van der Waals surface area contributed by atoms with Gasteiger partial charge in [-0.05, 0) is 56.4 Å². The molecule has 3 fully saturated rings. The molecule has 6 rings (SSSR count). The molecule has 3 aromatic rings. The molecule has 3 aliphatic rings. The lowest BCUT2D eigenvalue weighted by molar-refractivity contribution is -0.0314. The summed E-state index contributed by atoms with van der Waals surface area (Å²) in [7, 11) is 0. The van der Waals surface area contributed by atoms with Gasteiger partial charge in [-0.2, -0.15) is 0 Å². The zero-order valence-corrected chi connectivity index (χ0v) is 17.1. The summed E-state index contributed by atoms with van der Waals surface area (Å²) in [6.45, 7) is 2.53. The summed E-state index contributed by atoms with van der Waals surface area (Å²) in [6, 6.07) is 5.75. The molecule has 7 nitrogen and oxygen atoms in total. The highest BCUT2D eigenvalue weighted by molar-refractivity contribution is 6.00. The Morgan fingerprint density at radius 3 is 2.71 bits per heavy atom. The second-order valence-electron chi connectivity index (χ2n) is 8.12. The van der Waals surface area contributed by atoms with E-state index in [1.807, 2.05) is 11.8 Å². The molecule has 31 heavy (non-hydrogen) atoms. The predicted molar refractivity (Wildman–Crippen MR) is 111 cm³/mol. The van der Waals surface area contributed by atoms with Crippen molar-refractivity contribution in [2.75, 3.05) is 6.54 Å². The maximum absolute atomic E-state index is 14.0. The molecule has 0 N–H and O–H groups in total. The van der Waals surface area contributed by atoms with Crippen molar-refractivity contribution >= 4 is 5.91 Å². The number of aryl methyl sites for hydroxylation is 1. The van der Waals surface area contributed by atoms with Crippen LogP contribution < -0.4 is 4.74 Å². The molecule has 3 atom stereocenters. The third-order valence-corrected chi connectivity index (χ3v) is 6.03. The summed E-state index contributed by atoms with van der Waals surface area (Å²) in [6.07, 6.45) is 9.10. The van der Waals surface area contributed by atoms with E-state index in [9.17, 15) is 9.18 Å². The first-order valence-corrected chi connectivity index (χ1v) is 10.4. The monoisotopic (exact) mass is 419 g/mol. The number of carbonyl (C=O) groups is 1. The highest BCUT2D eigenvalue weighted by Crippen LogP contribution is 2.38. The molecule has 1 aromatic carbocycles. The SMILES string of the molecule is Cc1cnc(OC2CC3CCC2N(C(=O)c2ccc(F)cc2-c2ncccn2)C3)cn1. The number of piperidine rings is 2. The minimum Gasteiger partial charge on any atom is -0.471 e. The van der Waals surface area contributed by atoms with Crippen LogP contribution in [0.3, 0.4) is 0 Å². The van der Waals surface area contributed by atoms with Gasteiger partial charge in [0.1, 0.15) is 11.9 Å². The van der Waals surface area contributed by atoms with Gasteiger partial charge >= 0.3 is 0 Å². The lowest BCUT2D eigenvalue weighted by atomic mass is 9.77. The molecule has 2 aliphatic heterocycles. The molecule has 0 radical (unpaired) electrons. The number of hydrogen-bond acceptors (Lipinski definition) is 6. The van der Waals surface area contributed by atoms with Crippen LogP contribution in [-0.2, 0) is 0 Å². The Balaban J connectivity index is 1.44. The molecule has 0 spiro atoms. The van der Waals surface area contributed by atoms with Crippen LogP contribution in [0, 0.1) is 18.7 Å². The van der Waals surface area contributed by atoms with E-state index in [-0.39, 0.29) is 18.1 Å². The Labute approximate surface area is 179 Å². The van der Waals surface area contributed by atoms with Gasteiger partial charge < -0.3 is 9.64 Å². The molecule has 2 aromatic heterocycles. The Kier molecular flexibility index (Phi) is 5.05. The molecule has 1 aliphatic carbocycles. The number of amides is 1. The number of fused-ring (bicyclic) bond motifs is 3. The standard InChI is InChI=1S/C23H22FN5O2/c1-14-11-28-21(12-27-14)31-20-9-15-3-6-19(20)29(13-15)23(30)17-5-4-16(24)10-18(17)22-25-7-2-8-26-22/h2,4-5,7-8,10-12,15,19-20H,3,6,9,13H2,1H3. The first kappa shape index (κ1) is 19.5. The van der Waals surface area contributed by atoms with Crippen LogP contribution >= 0.6 is 0 Å². The minimum absolute atomic E-state index is 0.0739. The van der Waals surface area contributed by atoms with Gasteiger partial charge in [-0.3, -0.25) is 9.78 Å². The van der Waals surface area contributed by atoms with Crippen molar-refractivity contribution < 1.29 is 13.9 Å². The molecular formula is C23H22FN5O2. The lowest BCUT2D eigenvalue weighted by Gasteiger charge is -2.49. The van der Waals surface area contributed by atoms with Crippen LogP contribution in [0.1, 0.15) is 35.3 Å². The van der Waals surface area contributed by atoms with Crippen molar-refractivity contribution in [2.24, 2.45) is 5.92 Å². The largest absolute Gasteiger partial charge is 0.471 e. The van der Waals surface area contributed by atoms with Gasteiger partial charge in [-0.15, -0.1) is 0 Å². The van der Waals surface area contributed by atoms with Crippen LogP contribution in [0.25, 0.3) is 11.4 Å². The normalized spacial score (nSPS) is 22.4. The Morgan fingerprint density at radius 1 is 1.13 bits per heavy atom. The maximum Gasteiger partial charge on any atom is 0.254 e. The topological polar surface area (TPSA) is 81.1 Å². The molecule has 2 bridgehead atoms. The van der Waals surface area contributed by atoms with Crippen molar-refractivity contribution in [2.45, 2.75) is 38.3 Å². The van der Waals surface area contributed by atoms with Gasteiger partial charge in [0.05, 0.1) is 29.7 Å². The number of benzene rings is 1. The number of ether oxygens (including phenoxy) is 1. The van der Waals surface area contributed by atoms with Crippen LogP contribution in [0.4, 0.5) is 4.39 Å². The van der Waals surface area contributed by atoms with E-state index >= 15 is 0 Å². The second kappa shape index (κ2) is 8.02. The molecule has 8 heteroatoms. The molecular weight excluding hydrogens is 397 g/mol. The van der Waals surface area contributed by atoms with Crippen molar-refractivity contribution in [1.29, 1.82) is 0 Å². The molecule has 1 saturated carbocycles. The Hall–Kier alpha value is -3.42. The van der Waals surface area contributed by atoms with Crippen molar-refractivity contribution in [1.82, 2.24) is 24.8 Å². The van der Waals surface area contributed by atoms with Crippen LogP contribution in [0.2, 0.25) is 0 Å². The highest BCUT2D eigenvalue weighted by Gasteiger charge is 2.45. The molecule has 3 unspecified atom stereocenters. The first-order valence-electron chi connectivity index (χ1n) is 10.4. The highest BCUT2D eigenvalue weighted by atomic mass is 19.1. The van der Waals surface area contributed by atoms with Crippen LogP contribution in [-0.4, -0.2) is 49.4 Å². The van der Waals surface area contributed by atoms with Gasteiger partial charge in [-0.1, -0.05) is 0 Å². The van der Waals surface area contributed by atoms with Gasteiger partial charge in [-0.25, -0.2) is 19.3 Å². The Morgan fingerprint density at radius 2 is 1.97 bits per heavy atom. The second-order valence-corrected chi connectivity index (χ2v) is 8.12. The minimum atomic E-state index is -0.432. The third kappa shape index (κ3) is 3.85. The maximum atomic E-state index is 14.0. The number of rotatable bonds is 4. The first-order chi connectivity index (χ1) is 15.1. The number of halogens is 1. The van der Waals surface area contributed by atoms with Gasteiger partial charge in [0.25, 0.3) is 5.91 Å². The van der Waals surface area contributed by atoms with Gasteiger partial charge in [0.2, 0.25) is 5.88 Å². The summed E-state index contributed by atoms with van der Waals surface area (Å²) < 4.78 is 20.2. The van der Waals surface area contributed by atoms with Crippen molar-refractivity contribution in [3.63, 3.8) is 0 Å². The summed E-state index contributed by atoms with van der Waals surface area (Å²) in [5.74, 6) is 0.568. The summed E-state index contributed by atoms with van der Waals surface area (Å²) in [5.41, 5.74) is 1.62. The van der Waals surface area contributed by atoms with Gasteiger partial charge in [0.15, 0.2) is 5.82 Å². The smallest absolute Gasteiger partial charge is 0.254 e. The molecule has 1 amide bonds. The van der Waals surface area contributed by atoms with E-state index in [2.05, 4.69) is 19.9 Å². The van der Waals surface area contributed by atoms with Crippen LogP contribution in [0.15, 0.2) is 49.1 Å². The zero-order chi connectivity index (χ0) is 21.4. The Bertz CT molecular complexity index is 1090. The number of aromatic nitrogens is 4. The fraction of sp³-hybridized carbons (Fsp3) is 0.348. The number of carbonyl (C=O) groups excluding carboxylic acids is 1. The summed E-state index contributed by atoms with van der Waals surface area (Å²) >= 11 is 0.